The van der Waals surface area contributed by atoms with Crippen LogP contribution in [0.3, 0.4) is 0 Å². The number of carbonyl (C=O) groups excluding carboxylic acids is 2. The van der Waals surface area contributed by atoms with E-state index >= 15 is 0 Å². The average Bonchev–Trinajstić information content (AvgIpc) is 2.75. The lowest BCUT2D eigenvalue weighted by molar-refractivity contribution is 0.0907. The number of hydrogen-bond donors (Lipinski definition) is 0. The van der Waals surface area contributed by atoms with Crippen LogP contribution in [0.5, 0.6) is 0 Å². The second-order valence-corrected chi connectivity index (χ2v) is 4.36. The minimum atomic E-state index is -0.221. The molecule has 0 unspecified atom stereocenters. The van der Waals surface area contributed by atoms with Crippen molar-refractivity contribution in [1.29, 1.82) is 0 Å². The molecule has 2 heterocycles. The Kier molecular flexibility index (Phi) is 1.85. The average molecular weight is 277 g/mol. The Balaban J connectivity index is 2.34. The second kappa shape index (κ2) is 3.12. The van der Waals surface area contributed by atoms with Crippen LogP contribution >= 0.6 is 15.9 Å². The van der Waals surface area contributed by atoms with Gasteiger partial charge >= 0.3 is 0 Å². The first-order valence-corrected chi connectivity index (χ1v) is 5.40. The lowest BCUT2D eigenvalue weighted by Gasteiger charge is -2.15. The smallest absolute Gasteiger partial charge is 0.264 e. The predicted molar refractivity (Wildman–Crippen MR) is 59.5 cm³/mol. The van der Waals surface area contributed by atoms with Crippen LogP contribution in [0.15, 0.2) is 35.1 Å². The molecule has 2 aromatic rings. The maximum Gasteiger partial charge on any atom is 0.264 e. The summed E-state index contributed by atoms with van der Waals surface area (Å²) in [7, 11) is 0. The number of nitrogens with zero attached hydrogens (tertiary/aromatic N) is 2. The van der Waals surface area contributed by atoms with Crippen LogP contribution in [0.4, 0.5) is 0 Å². The van der Waals surface area contributed by atoms with Gasteiger partial charge in [0.15, 0.2) is 5.82 Å². The van der Waals surface area contributed by atoms with E-state index in [1.165, 1.54) is 17.0 Å². The molecule has 0 N–H and O–H groups in total. The molecular formula is C11H5BrN2O2. The zero-order chi connectivity index (χ0) is 11.3. The molecular weight excluding hydrogens is 272 g/mol. The highest BCUT2D eigenvalue weighted by atomic mass is 79.9. The first-order chi connectivity index (χ1) is 7.68. The number of hydrogen-bond acceptors (Lipinski definition) is 3. The molecule has 0 aliphatic carbocycles. The molecule has 4 nitrogen and oxygen atoms in total. The van der Waals surface area contributed by atoms with Gasteiger partial charge in [0, 0.05) is 22.4 Å². The SMILES string of the molecule is O=C1c2cc(Br)ccc2C(=O)n2ccnc21. The van der Waals surface area contributed by atoms with Gasteiger partial charge in [-0.3, -0.25) is 14.2 Å². The zero-order valence-corrected chi connectivity index (χ0v) is 9.56. The minimum absolute atomic E-state index is 0.176. The van der Waals surface area contributed by atoms with Crippen molar-refractivity contribution in [3.05, 3.63) is 52.0 Å². The van der Waals surface area contributed by atoms with Gasteiger partial charge in [0.25, 0.3) is 5.91 Å². The highest BCUT2D eigenvalue weighted by Gasteiger charge is 2.30. The summed E-state index contributed by atoms with van der Waals surface area (Å²) in [6.07, 6.45) is 2.95. The van der Waals surface area contributed by atoms with Gasteiger partial charge in [0.05, 0.1) is 5.56 Å². The summed E-state index contributed by atoms with van der Waals surface area (Å²) in [5.41, 5.74) is 0.816. The number of imidazole rings is 1. The molecule has 16 heavy (non-hydrogen) atoms. The van der Waals surface area contributed by atoms with Crippen LogP contribution in [0.2, 0.25) is 0 Å². The molecule has 0 amide bonds. The Morgan fingerprint density at radius 1 is 1.19 bits per heavy atom. The first kappa shape index (κ1) is 9.47. The quantitative estimate of drug-likeness (QED) is 0.630. The molecule has 0 spiro atoms. The molecule has 5 heteroatoms. The van der Waals surface area contributed by atoms with Crippen molar-refractivity contribution in [2.75, 3.05) is 0 Å². The van der Waals surface area contributed by atoms with Gasteiger partial charge in [-0.05, 0) is 18.2 Å². The summed E-state index contributed by atoms with van der Waals surface area (Å²) in [5.74, 6) is -0.258. The molecule has 78 valence electrons. The zero-order valence-electron chi connectivity index (χ0n) is 7.98. The molecule has 1 aromatic carbocycles. The molecule has 3 rings (SSSR count). The van der Waals surface area contributed by atoms with E-state index in [0.29, 0.717) is 11.1 Å². The van der Waals surface area contributed by atoms with Crippen molar-refractivity contribution in [2.45, 2.75) is 0 Å². The summed E-state index contributed by atoms with van der Waals surface area (Å²) in [6.45, 7) is 0. The van der Waals surface area contributed by atoms with E-state index in [9.17, 15) is 9.59 Å². The number of rotatable bonds is 0. The van der Waals surface area contributed by atoms with Gasteiger partial charge in [-0.1, -0.05) is 15.9 Å². The Morgan fingerprint density at radius 2 is 2.00 bits per heavy atom. The van der Waals surface area contributed by atoms with Crippen molar-refractivity contribution in [3.63, 3.8) is 0 Å². The maximum absolute atomic E-state index is 12.0. The van der Waals surface area contributed by atoms with E-state index in [2.05, 4.69) is 20.9 Å². The van der Waals surface area contributed by atoms with Gasteiger partial charge in [-0.15, -0.1) is 0 Å². The maximum atomic E-state index is 12.0. The Bertz CT molecular complexity index is 631. The highest BCUT2D eigenvalue weighted by molar-refractivity contribution is 9.10. The van der Waals surface area contributed by atoms with Gasteiger partial charge in [0.2, 0.25) is 5.78 Å². The Hall–Kier alpha value is -1.75. The minimum Gasteiger partial charge on any atom is -0.285 e. The molecule has 1 aliphatic heterocycles. The normalized spacial score (nSPS) is 13.6. The van der Waals surface area contributed by atoms with Crippen molar-refractivity contribution in [2.24, 2.45) is 0 Å². The topological polar surface area (TPSA) is 52.0 Å². The molecule has 1 aliphatic rings. The van der Waals surface area contributed by atoms with E-state index in [-0.39, 0.29) is 17.5 Å². The van der Waals surface area contributed by atoms with Crippen molar-refractivity contribution in [1.82, 2.24) is 9.55 Å². The number of benzene rings is 1. The molecule has 0 atom stereocenters. The van der Waals surface area contributed by atoms with Gasteiger partial charge in [0.1, 0.15) is 0 Å². The fraction of sp³-hybridized carbons (Fsp3) is 0. The van der Waals surface area contributed by atoms with Crippen LogP contribution in [0.25, 0.3) is 0 Å². The predicted octanol–water partition coefficient (Wildman–Crippen LogP) is 1.88. The molecule has 0 saturated carbocycles. The third-order valence-corrected chi connectivity index (χ3v) is 3.01. The van der Waals surface area contributed by atoms with Crippen molar-refractivity contribution < 1.29 is 9.59 Å². The number of fused-ring (bicyclic) bond motifs is 2. The summed E-state index contributed by atoms with van der Waals surface area (Å²) >= 11 is 3.28. The molecule has 0 radical (unpaired) electrons. The number of ketones is 1. The van der Waals surface area contributed by atoms with Crippen LogP contribution in [0.1, 0.15) is 26.5 Å². The molecule has 0 fully saturated rings. The van der Waals surface area contributed by atoms with Crippen LogP contribution in [-0.4, -0.2) is 21.2 Å². The Labute approximate surface area is 99.0 Å². The fourth-order valence-corrected chi connectivity index (χ4v) is 2.14. The van der Waals surface area contributed by atoms with Crippen molar-refractivity contribution in [3.8, 4) is 0 Å². The summed E-state index contributed by atoms with van der Waals surface area (Å²) in [6, 6.07) is 5.03. The lowest BCUT2D eigenvalue weighted by atomic mass is 9.99. The fourth-order valence-electron chi connectivity index (χ4n) is 1.78. The van der Waals surface area contributed by atoms with Crippen LogP contribution in [0, 0.1) is 0 Å². The van der Waals surface area contributed by atoms with Crippen LogP contribution in [-0.2, 0) is 0 Å². The van der Waals surface area contributed by atoms with Crippen molar-refractivity contribution >= 4 is 27.6 Å². The van der Waals surface area contributed by atoms with E-state index in [1.54, 1.807) is 18.2 Å². The van der Waals surface area contributed by atoms with Gasteiger partial charge < -0.3 is 0 Å². The lowest BCUT2D eigenvalue weighted by Crippen LogP contribution is -2.26. The van der Waals surface area contributed by atoms with E-state index < -0.39 is 0 Å². The third kappa shape index (κ3) is 1.12. The van der Waals surface area contributed by atoms with E-state index in [4.69, 9.17) is 0 Å². The van der Waals surface area contributed by atoms with E-state index in [0.717, 1.165) is 4.47 Å². The second-order valence-electron chi connectivity index (χ2n) is 3.45. The number of halogens is 1. The monoisotopic (exact) mass is 276 g/mol. The number of carbonyl (C=O) groups is 2. The molecule has 0 bridgehead atoms. The Morgan fingerprint density at radius 3 is 2.81 bits per heavy atom. The van der Waals surface area contributed by atoms with Crippen LogP contribution < -0.4 is 0 Å². The standard InChI is InChI=1S/C11H5BrN2O2/c12-6-1-2-7-8(5-6)9(15)10-13-3-4-14(10)11(7)16/h1-5H. The largest absolute Gasteiger partial charge is 0.285 e. The molecule has 1 aromatic heterocycles. The van der Waals surface area contributed by atoms with Gasteiger partial charge in [-0.2, -0.15) is 0 Å². The third-order valence-electron chi connectivity index (χ3n) is 2.52. The van der Waals surface area contributed by atoms with Gasteiger partial charge in [-0.25, -0.2) is 4.98 Å². The first-order valence-electron chi connectivity index (χ1n) is 4.61. The molecule has 0 saturated heterocycles. The summed E-state index contributed by atoms with van der Waals surface area (Å²) in [4.78, 5) is 27.9. The summed E-state index contributed by atoms with van der Waals surface area (Å²) < 4.78 is 2.05. The highest BCUT2D eigenvalue weighted by Crippen LogP contribution is 2.24. The summed E-state index contributed by atoms with van der Waals surface area (Å²) in [5, 5.41) is 0. The van der Waals surface area contributed by atoms with E-state index in [1.807, 2.05) is 0 Å². The number of aromatic nitrogens is 2.